The maximum atomic E-state index is 6.22. The molecular formula is C34H20OS. The highest BCUT2D eigenvalue weighted by Gasteiger charge is 2.20. The van der Waals surface area contributed by atoms with Gasteiger partial charge in [-0.2, -0.15) is 0 Å². The van der Waals surface area contributed by atoms with E-state index in [0.717, 1.165) is 17.1 Å². The minimum atomic E-state index is 0.918. The van der Waals surface area contributed by atoms with E-state index in [-0.39, 0.29) is 0 Å². The molecule has 168 valence electrons. The van der Waals surface area contributed by atoms with Crippen LogP contribution in [0.15, 0.2) is 121 Å². The monoisotopic (exact) mass is 476 g/mol. The fourth-order valence-electron chi connectivity index (χ4n) is 5.57. The molecule has 1 aliphatic rings. The lowest BCUT2D eigenvalue weighted by Gasteiger charge is -2.22. The summed E-state index contributed by atoms with van der Waals surface area (Å²) < 4.78 is 8.91. The molecule has 8 rings (SSSR count). The Bertz CT molecular complexity index is 1960. The first kappa shape index (κ1) is 19.9. The van der Waals surface area contributed by atoms with Gasteiger partial charge in [-0.1, -0.05) is 91.0 Å². The van der Waals surface area contributed by atoms with E-state index in [4.69, 9.17) is 4.74 Å². The molecule has 0 atom stereocenters. The van der Waals surface area contributed by atoms with Crippen LogP contribution in [-0.2, 0) is 0 Å². The molecule has 0 saturated heterocycles. The van der Waals surface area contributed by atoms with Crippen molar-refractivity contribution < 1.29 is 4.74 Å². The third-order valence-electron chi connectivity index (χ3n) is 7.27. The zero-order chi connectivity index (χ0) is 23.6. The summed E-state index contributed by atoms with van der Waals surface area (Å²) in [5, 5.41) is 5.06. The highest BCUT2D eigenvalue weighted by Crippen LogP contribution is 2.48. The van der Waals surface area contributed by atoms with E-state index in [9.17, 15) is 0 Å². The van der Waals surface area contributed by atoms with Crippen LogP contribution in [0.25, 0.3) is 64.3 Å². The second kappa shape index (κ2) is 7.55. The van der Waals surface area contributed by atoms with Gasteiger partial charge in [0.1, 0.15) is 11.5 Å². The van der Waals surface area contributed by atoms with Gasteiger partial charge < -0.3 is 4.74 Å². The first-order valence-corrected chi connectivity index (χ1v) is 13.0. The Morgan fingerprint density at radius 3 is 2.14 bits per heavy atom. The van der Waals surface area contributed by atoms with Crippen LogP contribution in [0.1, 0.15) is 0 Å². The molecule has 0 saturated carbocycles. The molecule has 0 radical (unpaired) electrons. The van der Waals surface area contributed by atoms with Gasteiger partial charge in [0.25, 0.3) is 0 Å². The summed E-state index contributed by atoms with van der Waals surface area (Å²) in [5.74, 6) is 1.85. The molecule has 0 spiro atoms. The Labute approximate surface area is 212 Å². The van der Waals surface area contributed by atoms with Gasteiger partial charge in [0, 0.05) is 31.1 Å². The SMILES string of the molecule is c1ccc2c(c1)Oc1cccc3cc(-c4ccc(-c5cccc6c5sc5ccccc56)cc4)cc-2c13. The van der Waals surface area contributed by atoms with E-state index in [1.165, 1.54) is 58.8 Å². The molecular weight excluding hydrogens is 456 g/mol. The summed E-state index contributed by atoms with van der Waals surface area (Å²) in [6, 6.07) is 43.6. The van der Waals surface area contributed by atoms with Gasteiger partial charge in [-0.15, -0.1) is 11.3 Å². The Morgan fingerprint density at radius 2 is 1.19 bits per heavy atom. The average molecular weight is 477 g/mol. The van der Waals surface area contributed by atoms with E-state index in [2.05, 4.69) is 109 Å². The van der Waals surface area contributed by atoms with Crippen molar-refractivity contribution in [1.29, 1.82) is 0 Å². The van der Waals surface area contributed by atoms with Gasteiger partial charge in [0.15, 0.2) is 0 Å². The third-order valence-corrected chi connectivity index (χ3v) is 8.49. The molecule has 6 aromatic carbocycles. The lowest BCUT2D eigenvalue weighted by Crippen LogP contribution is -1.97. The van der Waals surface area contributed by atoms with E-state index in [0.29, 0.717) is 0 Å². The van der Waals surface area contributed by atoms with E-state index >= 15 is 0 Å². The Hall–Kier alpha value is -4.40. The fraction of sp³-hybridized carbons (Fsp3) is 0. The number of rotatable bonds is 2. The van der Waals surface area contributed by atoms with E-state index in [1.54, 1.807) is 0 Å². The topological polar surface area (TPSA) is 9.23 Å². The molecule has 36 heavy (non-hydrogen) atoms. The number of thiophene rings is 1. The first-order valence-electron chi connectivity index (χ1n) is 12.2. The normalized spacial score (nSPS) is 12.1. The molecule has 0 bridgehead atoms. The van der Waals surface area contributed by atoms with Crippen LogP contribution < -0.4 is 4.74 Å². The maximum absolute atomic E-state index is 6.22. The quantitative estimate of drug-likeness (QED) is 0.241. The second-order valence-corrected chi connectivity index (χ2v) is 10.4. The largest absolute Gasteiger partial charge is 0.456 e. The van der Waals surface area contributed by atoms with Crippen molar-refractivity contribution in [3.63, 3.8) is 0 Å². The van der Waals surface area contributed by atoms with Crippen molar-refractivity contribution in [3.05, 3.63) is 121 Å². The van der Waals surface area contributed by atoms with Gasteiger partial charge in [-0.05, 0) is 63.5 Å². The van der Waals surface area contributed by atoms with Crippen LogP contribution in [-0.4, -0.2) is 0 Å². The molecule has 2 heterocycles. The molecule has 0 N–H and O–H groups in total. The molecule has 0 unspecified atom stereocenters. The summed E-state index contributed by atoms with van der Waals surface area (Å²) in [6.07, 6.45) is 0. The van der Waals surface area contributed by atoms with E-state index < -0.39 is 0 Å². The molecule has 1 aliphatic heterocycles. The van der Waals surface area contributed by atoms with Gasteiger partial charge in [0.2, 0.25) is 0 Å². The Kier molecular flexibility index (Phi) is 4.16. The first-order chi connectivity index (χ1) is 17.8. The zero-order valence-electron chi connectivity index (χ0n) is 19.4. The predicted molar refractivity (Wildman–Crippen MR) is 153 cm³/mol. The van der Waals surface area contributed by atoms with Crippen molar-refractivity contribution in [2.45, 2.75) is 0 Å². The number of hydrogen-bond acceptors (Lipinski definition) is 2. The number of fused-ring (bicyclic) bond motifs is 5. The summed E-state index contributed by atoms with van der Waals surface area (Å²) in [7, 11) is 0. The standard InChI is InChI=1S/C34H20OS/c1-3-12-30-26(8-1)29-20-24(19-23-7-5-13-31(35-30)33(23)29)21-15-17-22(18-16-21)25-10-6-11-28-27-9-2-4-14-32(27)36-34(25)28/h1-20H. The third kappa shape index (κ3) is 2.89. The summed E-state index contributed by atoms with van der Waals surface area (Å²) >= 11 is 1.88. The zero-order valence-corrected chi connectivity index (χ0v) is 20.2. The average Bonchev–Trinajstić information content (AvgIpc) is 3.32. The van der Waals surface area contributed by atoms with Gasteiger partial charge >= 0.3 is 0 Å². The maximum Gasteiger partial charge on any atom is 0.135 e. The van der Waals surface area contributed by atoms with Crippen molar-refractivity contribution in [3.8, 4) is 44.9 Å². The van der Waals surface area contributed by atoms with Gasteiger partial charge in [-0.3, -0.25) is 0 Å². The minimum Gasteiger partial charge on any atom is -0.456 e. The second-order valence-electron chi connectivity index (χ2n) is 9.33. The van der Waals surface area contributed by atoms with Gasteiger partial charge in [-0.25, -0.2) is 0 Å². The minimum absolute atomic E-state index is 0.918. The lowest BCUT2D eigenvalue weighted by atomic mass is 9.90. The Balaban J connectivity index is 1.27. The van der Waals surface area contributed by atoms with Crippen LogP contribution >= 0.6 is 11.3 Å². The molecule has 0 amide bonds. The highest BCUT2D eigenvalue weighted by atomic mass is 32.1. The summed E-state index contributed by atoms with van der Waals surface area (Å²) in [5.41, 5.74) is 7.37. The molecule has 0 aliphatic carbocycles. The summed E-state index contributed by atoms with van der Waals surface area (Å²) in [4.78, 5) is 0. The molecule has 2 heteroatoms. The molecule has 7 aromatic rings. The molecule has 1 nitrogen and oxygen atoms in total. The van der Waals surface area contributed by atoms with Gasteiger partial charge in [0.05, 0.1) is 0 Å². The predicted octanol–water partition coefficient (Wildman–Crippen LogP) is 10.3. The highest BCUT2D eigenvalue weighted by molar-refractivity contribution is 7.26. The number of para-hydroxylation sites is 1. The van der Waals surface area contributed by atoms with E-state index in [1.807, 2.05) is 23.5 Å². The van der Waals surface area contributed by atoms with Crippen LogP contribution in [0.2, 0.25) is 0 Å². The lowest BCUT2D eigenvalue weighted by molar-refractivity contribution is 0.487. The number of hydrogen-bond donors (Lipinski definition) is 0. The van der Waals surface area contributed by atoms with Crippen molar-refractivity contribution in [2.24, 2.45) is 0 Å². The number of benzene rings is 6. The molecule has 1 aromatic heterocycles. The van der Waals surface area contributed by atoms with Crippen molar-refractivity contribution in [1.82, 2.24) is 0 Å². The van der Waals surface area contributed by atoms with Crippen molar-refractivity contribution >= 4 is 42.3 Å². The van der Waals surface area contributed by atoms with Crippen LogP contribution in [0.3, 0.4) is 0 Å². The smallest absolute Gasteiger partial charge is 0.135 e. The van der Waals surface area contributed by atoms with Crippen LogP contribution in [0.4, 0.5) is 0 Å². The van der Waals surface area contributed by atoms with Crippen LogP contribution in [0.5, 0.6) is 11.5 Å². The van der Waals surface area contributed by atoms with Crippen LogP contribution in [0, 0.1) is 0 Å². The Morgan fingerprint density at radius 1 is 0.472 bits per heavy atom. The summed E-state index contributed by atoms with van der Waals surface area (Å²) in [6.45, 7) is 0. The fourth-order valence-corrected chi connectivity index (χ4v) is 6.81. The van der Waals surface area contributed by atoms with Crippen molar-refractivity contribution in [2.75, 3.05) is 0 Å². The number of ether oxygens (including phenoxy) is 1. The molecule has 0 fully saturated rings.